The molecule has 0 spiro atoms. The Kier molecular flexibility index (Phi) is 5.01. The topological polar surface area (TPSA) is 85.8 Å². The second-order valence-electron chi connectivity index (χ2n) is 2.61. The van der Waals surface area contributed by atoms with Crippen molar-refractivity contribution in [2.24, 2.45) is 5.73 Å². The highest BCUT2D eigenvalue weighted by molar-refractivity contribution is 8.13. The number of rotatable bonds is 2. The average Bonchev–Trinajstić information content (AvgIpc) is 2.26. The maximum atomic E-state index is 11.0. The first-order chi connectivity index (χ1) is 5.49. The minimum Gasteiger partial charge on any atom is -1.00 e. The van der Waals surface area contributed by atoms with E-state index < -0.39 is 9.84 Å². The van der Waals surface area contributed by atoms with Crippen LogP contribution in [-0.4, -0.2) is 30.8 Å². The minimum atomic E-state index is -2.84. The molecule has 7 heteroatoms. The van der Waals surface area contributed by atoms with Gasteiger partial charge in [0, 0.05) is 5.75 Å². The first kappa shape index (κ1) is 13.0. The van der Waals surface area contributed by atoms with Crippen LogP contribution < -0.4 is 28.1 Å². The van der Waals surface area contributed by atoms with Crippen LogP contribution >= 0.6 is 11.8 Å². The fourth-order valence-corrected chi connectivity index (χ4v) is 3.02. The molecule has 1 heterocycles. The van der Waals surface area contributed by atoms with Crippen LogP contribution in [0.25, 0.3) is 0 Å². The summed E-state index contributed by atoms with van der Waals surface area (Å²) in [5, 5.41) is 5.50. The first-order valence-corrected chi connectivity index (χ1v) is 6.19. The molecule has 1 aliphatic rings. The van der Waals surface area contributed by atoms with Gasteiger partial charge in [0.05, 0.1) is 11.5 Å². The molecule has 0 atom stereocenters. The number of hydrogen-bond acceptors (Lipinski definition) is 3. The van der Waals surface area contributed by atoms with E-state index in [1.807, 2.05) is 0 Å². The maximum absolute atomic E-state index is 11.0. The van der Waals surface area contributed by atoms with Crippen LogP contribution in [0.4, 0.5) is 0 Å². The zero-order valence-corrected chi connectivity index (χ0v) is 10.1. The molecule has 0 bridgehead atoms. The van der Waals surface area contributed by atoms with E-state index in [1.54, 1.807) is 6.08 Å². The standard InChI is InChI=1S/C6H10N2O2S2.BrH/c7-6(8)11-3-5-1-2-12(9,10)4-5;/h1H,2-4H2,(H3,7,8);1H. The molecule has 0 fully saturated rings. The maximum Gasteiger partial charge on any atom is 0.300 e. The summed E-state index contributed by atoms with van der Waals surface area (Å²) >= 11 is 1.27. The van der Waals surface area contributed by atoms with E-state index in [1.165, 1.54) is 11.8 Å². The predicted molar refractivity (Wildman–Crippen MR) is 50.3 cm³/mol. The summed E-state index contributed by atoms with van der Waals surface area (Å²) in [6.07, 6.45) is 1.73. The summed E-state index contributed by atoms with van der Waals surface area (Å²) in [4.78, 5) is 0. The van der Waals surface area contributed by atoms with Crippen LogP contribution in [0.5, 0.6) is 0 Å². The van der Waals surface area contributed by atoms with Crippen molar-refractivity contribution in [3.8, 4) is 0 Å². The summed E-state index contributed by atoms with van der Waals surface area (Å²) in [6.45, 7) is 0. The average molecular weight is 287 g/mol. The minimum absolute atomic E-state index is 0. The molecule has 0 aromatic heterocycles. The lowest BCUT2D eigenvalue weighted by molar-refractivity contribution is -0.110. The molecule has 4 nitrogen and oxygen atoms in total. The Balaban J connectivity index is 0.00000144. The van der Waals surface area contributed by atoms with Crippen molar-refractivity contribution in [3.05, 3.63) is 11.6 Å². The highest BCUT2D eigenvalue weighted by Gasteiger charge is 2.19. The number of sulfone groups is 1. The van der Waals surface area contributed by atoms with Crippen LogP contribution in [0.2, 0.25) is 0 Å². The van der Waals surface area contributed by atoms with Gasteiger partial charge in [0.25, 0.3) is 5.17 Å². The van der Waals surface area contributed by atoms with Gasteiger partial charge in [-0.1, -0.05) is 6.08 Å². The lowest BCUT2D eigenvalue weighted by Gasteiger charge is -1.95. The second kappa shape index (κ2) is 5.02. The fourth-order valence-electron chi connectivity index (χ4n) is 0.922. The molecule has 0 unspecified atom stereocenters. The zero-order valence-electron chi connectivity index (χ0n) is 6.86. The molecule has 4 N–H and O–H groups in total. The number of hydrogen-bond donors (Lipinski definition) is 2. The summed E-state index contributed by atoms with van der Waals surface area (Å²) in [7, 11) is -2.84. The molecule has 0 saturated heterocycles. The van der Waals surface area contributed by atoms with E-state index in [0.717, 1.165) is 5.57 Å². The molecule has 13 heavy (non-hydrogen) atoms. The lowest BCUT2D eigenvalue weighted by atomic mass is 10.3. The normalized spacial score (nSPS) is 18.9. The molecule has 0 aromatic rings. The van der Waals surface area contributed by atoms with Crippen molar-refractivity contribution in [1.82, 2.24) is 0 Å². The molecular formula is C6H11BrN2O2S2. The molecule has 0 amide bonds. The Morgan fingerprint density at radius 2 is 2.31 bits per heavy atom. The summed E-state index contributed by atoms with van der Waals surface area (Å²) < 4.78 is 21.9. The summed E-state index contributed by atoms with van der Waals surface area (Å²) in [6, 6.07) is 0. The molecule has 0 aliphatic carbocycles. The highest BCUT2D eigenvalue weighted by Crippen LogP contribution is 2.15. The number of nitrogens with two attached hydrogens (primary N) is 2. The van der Waals surface area contributed by atoms with Gasteiger partial charge >= 0.3 is 0 Å². The van der Waals surface area contributed by atoms with Gasteiger partial charge in [0.1, 0.15) is 0 Å². The molecule has 0 aromatic carbocycles. The van der Waals surface area contributed by atoms with Crippen LogP contribution in [0.15, 0.2) is 11.6 Å². The van der Waals surface area contributed by atoms with Gasteiger partial charge in [-0.25, -0.2) is 8.42 Å². The third-order valence-corrected chi connectivity index (χ3v) is 3.79. The Morgan fingerprint density at radius 3 is 2.69 bits per heavy atom. The van der Waals surface area contributed by atoms with Gasteiger partial charge in [0.2, 0.25) is 0 Å². The lowest BCUT2D eigenvalue weighted by Crippen LogP contribution is -3.00. The fraction of sp³-hybridized carbons (Fsp3) is 0.500. The SMILES string of the molecule is NC(=[NH2+])SCC1=CCS(=O)(=O)C1.[Br-]. The zero-order chi connectivity index (χ0) is 9.19. The highest BCUT2D eigenvalue weighted by atomic mass is 79.9. The summed E-state index contributed by atoms with van der Waals surface area (Å²) in [5.41, 5.74) is 6.12. The van der Waals surface area contributed by atoms with Crippen LogP contribution in [0.1, 0.15) is 0 Å². The van der Waals surface area contributed by atoms with E-state index >= 15 is 0 Å². The number of thioether (sulfide) groups is 1. The van der Waals surface area contributed by atoms with Crippen LogP contribution in [0, 0.1) is 0 Å². The Hall–Kier alpha value is -0.0100. The van der Waals surface area contributed by atoms with Crippen molar-refractivity contribution in [2.75, 3.05) is 17.3 Å². The number of halogens is 1. The van der Waals surface area contributed by atoms with Gasteiger partial charge < -0.3 is 17.0 Å². The molecule has 1 rings (SSSR count). The van der Waals surface area contributed by atoms with Crippen LogP contribution in [0.3, 0.4) is 0 Å². The van der Waals surface area contributed by atoms with Gasteiger partial charge in [-0.3, -0.25) is 11.1 Å². The molecule has 76 valence electrons. The van der Waals surface area contributed by atoms with E-state index in [-0.39, 0.29) is 33.7 Å². The van der Waals surface area contributed by atoms with E-state index in [0.29, 0.717) is 5.75 Å². The van der Waals surface area contributed by atoms with Crippen molar-refractivity contribution in [3.63, 3.8) is 0 Å². The van der Waals surface area contributed by atoms with Gasteiger partial charge in [0.15, 0.2) is 9.84 Å². The third-order valence-electron chi connectivity index (χ3n) is 1.46. The third kappa shape index (κ3) is 4.68. The van der Waals surface area contributed by atoms with E-state index in [2.05, 4.69) is 0 Å². The largest absolute Gasteiger partial charge is 1.00 e. The first-order valence-electron chi connectivity index (χ1n) is 3.38. The van der Waals surface area contributed by atoms with Gasteiger partial charge in [-0.05, 0) is 17.3 Å². The van der Waals surface area contributed by atoms with E-state index in [9.17, 15) is 8.42 Å². The molecule has 1 aliphatic heterocycles. The molecule has 0 radical (unpaired) electrons. The second-order valence-corrected chi connectivity index (χ2v) is 5.77. The van der Waals surface area contributed by atoms with E-state index in [4.69, 9.17) is 11.1 Å². The summed E-state index contributed by atoms with van der Waals surface area (Å²) in [5.74, 6) is 0.905. The predicted octanol–water partition coefficient (Wildman–Crippen LogP) is -4.85. The van der Waals surface area contributed by atoms with Gasteiger partial charge in [-0.2, -0.15) is 0 Å². The smallest absolute Gasteiger partial charge is 0.300 e. The Bertz CT molecular complexity index is 324. The van der Waals surface area contributed by atoms with Crippen molar-refractivity contribution in [1.29, 1.82) is 0 Å². The Morgan fingerprint density at radius 1 is 1.69 bits per heavy atom. The van der Waals surface area contributed by atoms with Crippen molar-refractivity contribution >= 4 is 26.8 Å². The monoisotopic (exact) mass is 286 g/mol. The molecular weight excluding hydrogens is 276 g/mol. The number of amidine groups is 1. The van der Waals surface area contributed by atoms with Crippen molar-refractivity contribution < 1.29 is 30.8 Å². The quantitative estimate of drug-likeness (QED) is 0.303. The van der Waals surface area contributed by atoms with Gasteiger partial charge in [-0.15, -0.1) is 0 Å². The molecule has 0 saturated carbocycles. The van der Waals surface area contributed by atoms with Crippen molar-refractivity contribution in [2.45, 2.75) is 0 Å². The Labute approximate surface area is 92.2 Å². The van der Waals surface area contributed by atoms with Crippen LogP contribution in [-0.2, 0) is 9.84 Å².